The van der Waals surface area contributed by atoms with Crippen LogP contribution in [-0.4, -0.2) is 91.2 Å². The first-order chi connectivity index (χ1) is 22.0. The molecule has 12 heteroatoms. The molecule has 274 valence electrons. The van der Waals surface area contributed by atoms with E-state index in [-0.39, 0.29) is 19.8 Å². The highest BCUT2D eigenvalue weighted by molar-refractivity contribution is 7.99. The topological polar surface area (TPSA) is 77.1 Å². The largest absolute Gasteiger partial charge is 0.756 e. The van der Waals surface area contributed by atoms with Gasteiger partial charge in [-0.1, -0.05) is 90.9 Å². The molecule has 0 aliphatic heterocycles. The second-order valence-electron chi connectivity index (χ2n) is 12.9. The zero-order valence-electron chi connectivity index (χ0n) is 29.9. The molecule has 0 aromatic carbocycles. The zero-order valence-corrected chi connectivity index (χ0v) is 34.1. The van der Waals surface area contributed by atoms with Crippen molar-refractivity contribution in [2.75, 3.05) is 70.5 Å². The summed E-state index contributed by atoms with van der Waals surface area (Å²) >= 11 is 15.0. The number of quaternary nitrogens is 1. The highest BCUT2D eigenvalue weighted by Crippen LogP contribution is 2.38. The molecule has 0 aromatic rings. The van der Waals surface area contributed by atoms with Gasteiger partial charge >= 0.3 is 0 Å². The number of likely N-dealkylation sites (N-methyl/N-ethyl adjacent to an activating group) is 1. The van der Waals surface area contributed by atoms with Gasteiger partial charge in [0.25, 0.3) is 7.82 Å². The van der Waals surface area contributed by atoms with Gasteiger partial charge in [-0.15, -0.1) is 0 Å². The van der Waals surface area contributed by atoms with Gasteiger partial charge in [-0.25, -0.2) is 0 Å². The Balaban J connectivity index is 4.44. The number of thioether (sulfide) groups is 2. The van der Waals surface area contributed by atoms with Gasteiger partial charge in [0.2, 0.25) is 0 Å². The van der Waals surface area contributed by atoms with Crippen molar-refractivity contribution in [2.24, 2.45) is 0 Å². The Labute approximate surface area is 303 Å². The molecule has 0 rings (SSSR count). The van der Waals surface area contributed by atoms with Crippen molar-refractivity contribution >= 4 is 65.9 Å². The lowest BCUT2D eigenvalue weighted by Gasteiger charge is -2.28. The van der Waals surface area contributed by atoms with Crippen molar-refractivity contribution in [3.05, 3.63) is 0 Å². The summed E-state index contributed by atoms with van der Waals surface area (Å²) in [6.07, 6.45) is 20.3. The highest BCUT2D eigenvalue weighted by Gasteiger charge is 2.20. The third-order valence-electron chi connectivity index (χ3n) is 7.41. The van der Waals surface area contributed by atoms with E-state index in [0.29, 0.717) is 34.0 Å². The van der Waals surface area contributed by atoms with Crippen molar-refractivity contribution in [3.63, 3.8) is 0 Å². The van der Waals surface area contributed by atoms with Crippen molar-refractivity contribution in [2.45, 2.75) is 136 Å². The van der Waals surface area contributed by atoms with Crippen molar-refractivity contribution in [1.29, 1.82) is 0 Å². The molecule has 7 nitrogen and oxygen atoms in total. The zero-order chi connectivity index (χ0) is 34.4. The fourth-order valence-corrected chi connectivity index (χ4v) is 7.23. The average Bonchev–Trinajstić information content (AvgIpc) is 2.99. The Morgan fingerprint density at radius 3 is 1.57 bits per heavy atom. The van der Waals surface area contributed by atoms with E-state index in [1.165, 1.54) is 100 Å². The maximum absolute atomic E-state index is 12.4. The van der Waals surface area contributed by atoms with E-state index in [2.05, 4.69) is 13.8 Å². The summed E-state index contributed by atoms with van der Waals surface area (Å²) in [5.74, 6) is 5.00. The minimum atomic E-state index is -4.49. The predicted molar refractivity (Wildman–Crippen MR) is 208 cm³/mol. The molecule has 0 bridgehead atoms. The van der Waals surface area contributed by atoms with Gasteiger partial charge in [-0.05, 0) is 73.1 Å². The molecule has 46 heavy (non-hydrogen) atoms. The smallest absolute Gasteiger partial charge is 0.268 e. The second-order valence-corrected chi connectivity index (χ2v) is 18.0. The summed E-state index contributed by atoms with van der Waals surface area (Å²) in [6, 6.07) is 0. The number of thiocarbonyl (C=S) groups is 2. The third-order valence-corrected chi connectivity index (χ3v) is 11.0. The summed E-state index contributed by atoms with van der Waals surface area (Å²) in [4.78, 5) is 12.4. The lowest BCUT2D eigenvalue weighted by molar-refractivity contribution is -0.870. The molecule has 0 radical (unpaired) electrons. The van der Waals surface area contributed by atoms with Gasteiger partial charge in [0.05, 0.1) is 27.7 Å². The van der Waals surface area contributed by atoms with Crippen LogP contribution >= 0.6 is 55.8 Å². The van der Waals surface area contributed by atoms with E-state index in [4.69, 9.17) is 43.0 Å². The lowest BCUT2D eigenvalue weighted by atomic mass is 10.1. The Morgan fingerprint density at radius 2 is 1.11 bits per heavy atom. The summed E-state index contributed by atoms with van der Waals surface area (Å²) in [5, 5.41) is 0.967. The SMILES string of the molecule is CCSCCCCCCCCCCC(=S)OC[C@H](COP(=O)([O-])OCC[N+](C)(C)C)OC(=S)CCCCCCCCCCSCC. The molecular formula is C34H68NO6PS4. The molecule has 0 aliphatic carbocycles. The number of rotatable bonds is 34. The molecule has 0 amide bonds. The Morgan fingerprint density at radius 1 is 0.674 bits per heavy atom. The van der Waals surface area contributed by atoms with Crippen LogP contribution in [0.4, 0.5) is 0 Å². The predicted octanol–water partition coefficient (Wildman–Crippen LogP) is 9.78. The number of ether oxygens (including phenoxy) is 2. The van der Waals surface area contributed by atoms with Crippen LogP contribution in [0.15, 0.2) is 0 Å². The van der Waals surface area contributed by atoms with Gasteiger partial charge in [0.1, 0.15) is 19.8 Å². The van der Waals surface area contributed by atoms with Gasteiger partial charge in [-0.3, -0.25) is 4.57 Å². The van der Waals surface area contributed by atoms with Crippen LogP contribution in [0.3, 0.4) is 0 Å². The fraction of sp³-hybridized carbons (Fsp3) is 0.941. The van der Waals surface area contributed by atoms with E-state index in [0.717, 1.165) is 25.7 Å². The summed E-state index contributed by atoms with van der Waals surface area (Å²) in [5.41, 5.74) is 0. The molecule has 0 spiro atoms. The van der Waals surface area contributed by atoms with Gasteiger partial charge < -0.3 is 27.9 Å². The van der Waals surface area contributed by atoms with Crippen LogP contribution in [0.2, 0.25) is 0 Å². The molecule has 0 aromatic heterocycles. The van der Waals surface area contributed by atoms with Gasteiger partial charge in [0.15, 0.2) is 16.2 Å². The van der Waals surface area contributed by atoms with Crippen LogP contribution < -0.4 is 4.89 Å². The molecule has 0 N–H and O–H groups in total. The Bertz CT molecular complexity index is 787. The summed E-state index contributed by atoms with van der Waals surface area (Å²) in [6.45, 7) is 4.87. The minimum absolute atomic E-state index is 0.0465. The van der Waals surface area contributed by atoms with Crippen molar-refractivity contribution in [1.82, 2.24) is 0 Å². The third kappa shape index (κ3) is 34.4. The standard InChI is InChI=1S/C34H68NO6PS4/c1-6-45-28-22-18-14-10-8-12-16-20-24-33(43)38-30-32(31-40-42(36,37)39-27-26-35(3,4)5)41-34(44)25-21-17-13-9-11-15-19-23-29-46-7-2/h32H,6-31H2,1-5H3/t32-/m1/s1. The van der Waals surface area contributed by atoms with Gasteiger partial charge in [-0.2, -0.15) is 23.5 Å². The Hall–Kier alpha value is 0.550. The number of hydrogen-bond donors (Lipinski definition) is 0. The van der Waals surface area contributed by atoms with Crippen LogP contribution in [0.5, 0.6) is 0 Å². The normalized spacial score (nSPS) is 13.8. The number of nitrogens with zero attached hydrogens (tertiary/aromatic N) is 1. The lowest BCUT2D eigenvalue weighted by Crippen LogP contribution is -2.37. The van der Waals surface area contributed by atoms with E-state index >= 15 is 0 Å². The van der Waals surface area contributed by atoms with Crippen LogP contribution in [0.1, 0.15) is 129 Å². The number of unbranched alkanes of at least 4 members (excludes halogenated alkanes) is 14. The van der Waals surface area contributed by atoms with E-state index in [1.54, 1.807) is 0 Å². The number of phosphoric ester groups is 1. The molecule has 0 saturated carbocycles. The van der Waals surface area contributed by atoms with Crippen LogP contribution in [-0.2, 0) is 23.1 Å². The molecule has 0 fully saturated rings. The summed E-state index contributed by atoms with van der Waals surface area (Å²) < 4.78 is 35.0. The van der Waals surface area contributed by atoms with Crippen LogP contribution in [0.25, 0.3) is 0 Å². The second kappa shape index (κ2) is 31.5. The quantitative estimate of drug-likeness (QED) is 0.0275. The maximum atomic E-state index is 12.4. The molecular weight excluding hydrogens is 678 g/mol. The first-order valence-corrected chi connectivity index (χ1v) is 22.5. The van der Waals surface area contributed by atoms with E-state index in [9.17, 15) is 9.46 Å². The van der Waals surface area contributed by atoms with Crippen LogP contribution in [0, 0.1) is 0 Å². The van der Waals surface area contributed by atoms with Crippen molar-refractivity contribution < 1.29 is 32.5 Å². The van der Waals surface area contributed by atoms with E-state index < -0.39 is 13.9 Å². The first-order valence-electron chi connectivity index (χ1n) is 17.9. The monoisotopic (exact) mass is 745 g/mol. The highest BCUT2D eigenvalue weighted by atomic mass is 32.2. The average molecular weight is 746 g/mol. The van der Waals surface area contributed by atoms with E-state index in [1.807, 2.05) is 44.7 Å². The summed E-state index contributed by atoms with van der Waals surface area (Å²) in [7, 11) is 1.42. The fourth-order valence-electron chi connectivity index (χ4n) is 4.61. The first kappa shape index (κ1) is 46.5. The molecule has 0 aliphatic rings. The number of hydrogen-bond acceptors (Lipinski definition) is 10. The van der Waals surface area contributed by atoms with Crippen molar-refractivity contribution in [3.8, 4) is 0 Å². The minimum Gasteiger partial charge on any atom is -0.756 e. The maximum Gasteiger partial charge on any atom is 0.268 e. The molecule has 1 unspecified atom stereocenters. The molecule has 2 atom stereocenters. The molecule has 0 saturated heterocycles. The number of phosphoric acid groups is 1. The Kier molecular flexibility index (Phi) is 31.9. The molecule has 0 heterocycles. The van der Waals surface area contributed by atoms with Gasteiger partial charge in [0, 0.05) is 12.8 Å².